The van der Waals surface area contributed by atoms with Crippen LogP contribution in [0.25, 0.3) is 0 Å². The van der Waals surface area contributed by atoms with E-state index in [9.17, 15) is 9.59 Å². The molecule has 1 heterocycles. The minimum Gasteiger partial charge on any atom is -0.464 e. The number of carbonyl (C=O) groups excluding carboxylic acids is 2. The molecule has 1 rings (SSSR count). The van der Waals surface area contributed by atoms with Gasteiger partial charge in [0.05, 0.1) is 7.11 Å². The molecule has 0 saturated carbocycles. The van der Waals surface area contributed by atoms with Crippen molar-refractivity contribution >= 4 is 12.1 Å². The van der Waals surface area contributed by atoms with Gasteiger partial charge in [-0.2, -0.15) is 0 Å². The maximum atomic E-state index is 11.8. The molecule has 0 saturated heterocycles. The number of ether oxygens (including phenoxy) is 2. The van der Waals surface area contributed by atoms with E-state index in [1.54, 1.807) is 33.8 Å². The first kappa shape index (κ1) is 13.3. The number of rotatable bonds is 1. The zero-order valence-electron chi connectivity index (χ0n) is 10.7. The summed E-state index contributed by atoms with van der Waals surface area (Å²) in [6.07, 6.45) is 0.904. The highest BCUT2D eigenvalue weighted by atomic mass is 16.6. The molecule has 0 bridgehead atoms. The van der Waals surface area contributed by atoms with E-state index in [-0.39, 0.29) is 5.69 Å². The lowest BCUT2D eigenvalue weighted by atomic mass is 10.2. The number of methoxy groups -OCH3 is 1. The number of nitrogens with zero attached hydrogens (tertiary/aromatic N) is 1. The summed E-state index contributed by atoms with van der Waals surface area (Å²) in [5.74, 6) is -0.557. The summed E-state index contributed by atoms with van der Waals surface area (Å²) < 4.78 is 11.0. The van der Waals surface area contributed by atoms with Gasteiger partial charge >= 0.3 is 12.1 Å². The largest absolute Gasteiger partial charge is 0.464 e. The van der Waals surface area contributed by atoms with Crippen LogP contribution < -0.4 is 0 Å². The minimum absolute atomic E-state index is 0.196. The summed E-state index contributed by atoms with van der Waals surface area (Å²) in [7, 11) is 1.27. The number of hydrogen-bond acceptors (Lipinski definition) is 4. The Kier molecular flexibility index (Phi) is 3.60. The Labute approximate surface area is 100 Å². The summed E-state index contributed by atoms with van der Waals surface area (Å²) in [4.78, 5) is 23.4. The Balaban J connectivity index is 3.07. The molecule has 0 aliphatic heterocycles. The molecule has 0 aliphatic rings. The van der Waals surface area contributed by atoms with E-state index in [0.29, 0.717) is 5.56 Å². The van der Waals surface area contributed by atoms with E-state index in [1.165, 1.54) is 13.3 Å². The SMILES string of the molecule is COC(=O)c1c(C)ccn1C(=O)OC(C)(C)C. The summed E-state index contributed by atoms with van der Waals surface area (Å²) in [6, 6.07) is 1.66. The van der Waals surface area contributed by atoms with Crippen molar-refractivity contribution in [2.75, 3.05) is 7.11 Å². The van der Waals surface area contributed by atoms with E-state index in [2.05, 4.69) is 4.74 Å². The van der Waals surface area contributed by atoms with Gasteiger partial charge in [-0.05, 0) is 39.3 Å². The quantitative estimate of drug-likeness (QED) is 0.706. The monoisotopic (exact) mass is 239 g/mol. The highest BCUT2D eigenvalue weighted by Gasteiger charge is 2.23. The Morgan fingerprint density at radius 2 is 1.88 bits per heavy atom. The topological polar surface area (TPSA) is 57.5 Å². The second kappa shape index (κ2) is 4.61. The van der Waals surface area contributed by atoms with E-state index in [1.807, 2.05) is 0 Å². The van der Waals surface area contributed by atoms with Gasteiger partial charge in [0.1, 0.15) is 11.3 Å². The van der Waals surface area contributed by atoms with Crippen molar-refractivity contribution in [3.8, 4) is 0 Å². The van der Waals surface area contributed by atoms with Crippen LogP contribution in [0.5, 0.6) is 0 Å². The van der Waals surface area contributed by atoms with Gasteiger partial charge in [-0.15, -0.1) is 0 Å². The summed E-state index contributed by atoms with van der Waals surface area (Å²) in [5.41, 5.74) is 0.257. The smallest absolute Gasteiger partial charge is 0.419 e. The fourth-order valence-electron chi connectivity index (χ4n) is 1.35. The fourth-order valence-corrected chi connectivity index (χ4v) is 1.35. The van der Waals surface area contributed by atoms with Crippen molar-refractivity contribution in [1.29, 1.82) is 0 Å². The molecule has 5 heteroatoms. The van der Waals surface area contributed by atoms with Crippen LogP contribution >= 0.6 is 0 Å². The molecule has 0 atom stereocenters. The third kappa shape index (κ3) is 3.09. The maximum absolute atomic E-state index is 11.8. The van der Waals surface area contributed by atoms with Crippen molar-refractivity contribution in [3.05, 3.63) is 23.5 Å². The van der Waals surface area contributed by atoms with Crippen molar-refractivity contribution in [2.24, 2.45) is 0 Å². The average molecular weight is 239 g/mol. The maximum Gasteiger partial charge on any atom is 0.419 e. The second-order valence-electron chi connectivity index (χ2n) is 4.69. The van der Waals surface area contributed by atoms with Crippen LogP contribution in [-0.4, -0.2) is 29.3 Å². The number of aryl methyl sites for hydroxylation is 1. The Morgan fingerprint density at radius 3 is 2.35 bits per heavy atom. The van der Waals surface area contributed by atoms with Gasteiger partial charge in [0, 0.05) is 6.20 Å². The highest BCUT2D eigenvalue weighted by Crippen LogP contribution is 2.15. The van der Waals surface area contributed by atoms with Crippen LogP contribution in [0.15, 0.2) is 12.3 Å². The van der Waals surface area contributed by atoms with E-state index < -0.39 is 17.7 Å². The van der Waals surface area contributed by atoms with Gasteiger partial charge in [0.15, 0.2) is 0 Å². The molecular weight excluding hydrogens is 222 g/mol. The van der Waals surface area contributed by atoms with Crippen LogP contribution in [0, 0.1) is 6.92 Å². The molecule has 5 nitrogen and oxygen atoms in total. The van der Waals surface area contributed by atoms with Crippen LogP contribution in [-0.2, 0) is 9.47 Å². The third-order valence-corrected chi connectivity index (χ3v) is 2.06. The first-order chi connectivity index (χ1) is 7.76. The fraction of sp³-hybridized carbons (Fsp3) is 0.500. The van der Waals surface area contributed by atoms with Crippen molar-refractivity contribution < 1.29 is 19.1 Å². The number of aromatic nitrogens is 1. The minimum atomic E-state index is -0.608. The Morgan fingerprint density at radius 1 is 1.29 bits per heavy atom. The third-order valence-electron chi connectivity index (χ3n) is 2.06. The Bertz CT molecular complexity index is 440. The second-order valence-corrected chi connectivity index (χ2v) is 4.69. The molecule has 0 N–H and O–H groups in total. The first-order valence-electron chi connectivity index (χ1n) is 5.26. The van der Waals surface area contributed by atoms with Crippen molar-refractivity contribution in [2.45, 2.75) is 33.3 Å². The molecule has 94 valence electrons. The van der Waals surface area contributed by atoms with E-state index in [0.717, 1.165) is 4.57 Å². The molecule has 0 aromatic carbocycles. The highest BCUT2D eigenvalue weighted by molar-refractivity contribution is 5.93. The van der Waals surface area contributed by atoms with Gasteiger partial charge in [0.25, 0.3) is 0 Å². The van der Waals surface area contributed by atoms with Gasteiger partial charge in [-0.3, -0.25) is 0 Å². The predicted molar refractivity (Wildman–Crippen MR) is 62.1 cm³/mol. The standard InChI is InChI=1S/C12H17NO4/c1-8-6-7-13(9(8)10(14)16-5)11(15)17-12(2,3)4/h6-7H,1-5H3. The molecule has 0 spiro atoms. The van der Waals surface area contributed by atoms with Gasteiger partial charge in [-0.1, -0.05) is 0 Å². The van der Waals surface area contributed by atoms with Gasteiger partial charge < -0.3 is 9.47 Å². The van der Waals surface area contributed by atoms with Crippen LogP contribution in [0.4, 0.5) is 4.79 Å². The van der Waals surface area contributed by atoms with E-state index >= 15 is 0 Å². The molecule has 1 aromatic heterocycles. The molecule has 0 unspecified atom stereocenters. The number of esters is 1. The first-order valence-corrected chi connectivity index (χ1v) is 5.26. The lowest BCUT2D eigenvalue weighted by Gasteiger charge is -2.20. The van der Waals surface area contributed by atoms with E-state index in [4.69, 9.17) is 4.74 Å². The van der Waals surface area contributed by atoms with Gasteiger partial charge in [0.2, 0.25) is 0 Å². The molecule has 17 heavy (non-hydrogen) atoms. The summed E-state index contributed by atoms with van der Waals surface area (Å²) >= 11 is 0. The van der Waals surface area contributed by atoms with Crippen LogP contribution in [0.3, 0.4) is 0 Å². The van der Waals surface area contributed by atoms with Crippen LogP contribution in [0.2, 0.25) is 0 Å². The number of carbonyl (C=O) groups is 2. The van der Waals surface area contributed by atoms with Crippen molar-refractivity contribution in [1.82, 2.24) is 4.57 Å². The lowest BCUT2D eigenvalue weighted by Crippen LogP contribution is -2.28. The molecular formula is C12H17NO4. The molecule has 1 aromatic rings. The zero-order chi connectivity index (χ0) is 13.2. The predicted octanol–water partition coefficient (Wildman–Crippen LogP) is 2.37. The number of hydrogen-bond donors (Lipinski definition) is 0. The molecule has 0 aliphatic carbocycles. The average Bonchev–Trinajstić information content (AvgIpc) is 2.56. The van der Waals surface area contributed by atoms with Crippen molar-refractivity contribution in [3.63, 3.8) is 0 Å². The molecule has 0 fully saturated rings. The summed E-state index contributed by atoms with van der Waals surface area (Å²) in [6.45, 7) is 7.02. The van der Waals surface area contributed by atoms with Gasteiger partial charge in [-0.25, -0.2) is 14.2 Å². The normalized spacial score (nSPS) is 11.1. The van der Waals surface area contributed by atoms with Crippen LogP contribution in [0.1, 0.15) is 36.8 Å². The summed E-state index contributed by atoms with van der Waals surface area (Å²) in [5, 5.41) is 0. The molecule has 0 amide bonds. The Hall–Kier alpha value is -1.78. The molecule has 0 radical (unpaired) electrons. The zero-order valence-corrected chi connectivity index (χ0v) is 10.7. The lowest BCUT2D eigenvalue weighted by molar-refractivity contribution is 0.0483.